The van der Waals surface area contributed by atoms with Gasteiger partial charge in [0.15, 0.2) is 0 Å². The average molecular weight is 332 g/mol. The fraction of sp³-hybridized carbons (Fsp3) is 0.571. The predicted molar refractivity (Wildman–Crippen MR) is 81.1 cm³/mol. The van der Waals surface area contributed by atoms with Crippen molar-refractivity contribution < 1.29 is 19.4 Å². The highest BCUT2D eigenvalue weighted by atomic mass is 35.5. The molecule has 0 aliphatic carbocycles. The van der Waals surface area contributed by atoms with Crippen molar-refractivity contribution in [1.82, 2.24) is 4.90 Å². The normalized spacial score (nSPS) is 22.4. The standard InChI is InChI=1S/C14H18ClNO4S/c1-14(2,3)20-13(19)16-7-8(6-9(16)12(17)18)10-4-5-11(15)21-10/h4-5,8-9H,6-7H2,1-3H3,(H,17,18)/t8-,9+/m1/s1. The van der Waals surface area contributed by atoms with Crippen LogP contribution in [-0.4, -0.2) is 40.3 Å². The number of rotatable bonds is 2. The molecule has 2 heterocycles. The Hall–Kier alpha value is -1.27. The second-order valence-corrected chi connectivity index (χ2v) is 7.81. The molecule has 1 aromatic rings. The zero-order valence-corrected chi connectivity index (χ0v) is 13.7. The lowest BCUT2D eigenvalue weighted by atomic mass is 10.0. The Bertz CT molecular complexity index is 551. The summed E-state index contributed by atoms with van der Waals surface area (Å²) in [5.74, 6) is -1.03. The minimum Gasteiger partial charge on any atom is -0.480 e. The lowest BCUT2D eigenvalue weighted by Crippen LogP contribution is -2.43. The molecule has 0 unspecified atom stereocenters. The number of carbonyl (C=O) groups excluding carboxylic acids is 1. The van der Waals surface area contributed by atoms with E-state index in [1.807, 2.05) is 6.07 Å². The zero-order chi connectivity index (χ0) is 15.8. The molecule has 21 heavy (non-hydrogen) atoms. The zero-order valence-electron chi connectivity index (χ0n) is 12.1. The van der Waals surface area contributed by atoms with Crippen molar-refractivity contribution in [2.45, 2.75) is 44.8 Å². The maximum Gasteiger partial charge on any atom is 0.411 e. The number of carboxylic acids is 1. The second-order valence-electron chi connectivity index (χ2n) is 6.06. The molecule has 1 aromatic heterocycles. The van der Waals surface area contributed by atoms with E-state index in [1.54, 1.807) is 26.8 Å². The van der Waals surface area contributed by atoms with Crippen molar-refractivity contribution in [2.75, 3.05) is 6.54 Å². The van der Waals surface area contributed by atoms with E-state index in [4.69, 9.17) is 16.3 Å². The Morgan fingerprint density at radius 2 is 2.10 bits per heavy atom. The lowest BCUT2D eigenvalue weighted by Gasteiger charge is -2.26. The molecule has 1 aliphatic rings. The Morgan fingerprint density at radius 3 is 2.57 bits per heavy atom. The molecule has 1 N–H and O–H groups in total. The second kappa shape index (κ2) is 5.85. The van der Waals surface area contributed by atoms with E-state index in [-0.39, 0.29) is 5.92 Å². The van der Waals surface area contributed by atoms with Crippen LogP contribution in [0.3, 0.4) is 0 Å². The minimum atomic E-state index is -1.01. The first-order chi connectivity index (χ1) is 9.67. The van der Waals surface area contributed by atoms with E-state index >= 15 is 0 Å². The molecule has 0 bridgehead atoms. The van der Waals surface area contributed by atoms with Gasteiger partial charge in [-0.2, -0.15) is 0 Å². The smallest absolute Gasteiger partial charge is 0.411 e. The summed E-state index contributed by atoms with van der Waals surface area (Å²) < 4.78 is 5.95. The molecule has 0 saturated carbocycles. The van der Waals surface area contributed by atoms with Crippen molar-refractivity contribution in [1.29, 1.82) is 0 Å². The van der Waals surface area contributed by atoms with Gasteiger partial charge in [-0.05, 0) is 39.3 Å². The Balaban J connectivity index is 2.16. The molecule has 1 saturated heterocycles. The van der Waals surface area contributed by atoms with Crippen LogP contribution in [0.5, 0.6) is 0 Å². The van der Waals surface area contributed by atoms with E-state index in [1.165, 1.54) is 16.2 Å². The van der Waals surface area contributed by atoms with Crippen molar-refractivity contribution in [3.63, 3.8) is 0 Å². The topological polar surface area (TPSA) is 66.8 Å². The summed E-state index contributed by atoms with van der Waals surface area (Å²) >= 11 is 7.34. The first kappa shape index (κ1) is 16.1. The van der Waals surface area contributed by atoms with Crippen LogP contribution in [0.4, 0.5) is 4.79 Å². The van der Waals surface area contributed by atoms with Gasteiger partial charge in [0.2, 0.25) is 0 Å². The van der Waals surface area contributed by atoms with Crippen LogP contribution in [0.2, 0.25) is 4.34 Å². The molecule has 116 valence electrons. The average Bonchev–Trinajstić information content (AvgIpc) is 2.92. The van der Waals surface area contributed by atoms with Crippen LogP contribution in [0.25, 0.3) is 0 Å². The summed E-state index contributed by atoms with van der Waals surface area (Å²) in [4.78, 5) is 25.9. The fourth-order valence-corrected chi connectivity index (χ4v) is 3.51. The van der Waals surface area contributed by atoms with E-state index in [0.717, 1.165) is 4.88 Å². The van der Waals surface area contributed by atoms with Crippen molar-refractivity contribution in [3.8, 4) is 0 Å². The molecule has 1 aliphatic heterocycles. The first-order valence-corrected chi connectivity index (χ1v) is 7.84. The van der Waals surface area contributed by atoms with E-state index in [0.29, 0.717) is 17.3 Å². The van der Waals surface area contributed by atoms with Crippen LogP contribution in [0.15, 0.2) is 12.1 Å². The van der Waals surface area contributed by atoms with Crippen LogP contribution >= 0.6 is 22.9 Å². The Kier molecular flexibility index (Phi) is 4.49. The number of nitrogens with zero attached hydrogens (tertiary/aromatic N) is 1. The molecule has 5 nitrogen and oxygen atoms in total. The van der Waals surface area contributed by atoms with Crippen LogP contribution in [-0.2, 0) is 9.53 Å². The molecule has 0 radical (unpaired) electrons. The number of ether oxygens (including phenoxy) is 1. The number of thiophene rings is 1. The minimum absolute atomic E-state index is 0.0175. The third-order valence-corrected chi connectivity index (χ3v) is 4.60. The molecule has 0 spiro atoms. The van der Waals surface area contributed by atoms with Crippen molar-refractivity contribution in [3.05, 3.63) is 21.3 Å². The van der Waals surface area contributed by atoms with Gasteiger partial charge >= 0.3 is 12.1 Å². The van der Waals surface area contributed by atoms with Gasteiger partial charge in [-0.1, -0.05) is 11.6 Å². The molecule has 1 amide bonds. The van der Waals surface area contributed by atoms with Gasteiger partial charge in [-0.15, -0.1) is 11.3 Å². The quantitative estimate of drug-likeness (QED) is 0.899. The molecule has 0 aromatic carbocycles. The highest BCUT2D eigenvalue weighted by Crippen LogP contribution is 2.37. The summed E-state index contributed by atoms with van der Waals surface area (Å²) in [6, 6.07) is 2.81. The van der Waals surface area contributed by atoms with E-state index in [9.17, 15) is 14.7 Å². The molecular formula is C14H18ClNO4S. The predicted octanol–water partition coefficient (Wildman–Crippen LogP) is 3.58. The highest BCUT2D eigenvalue weighted by molar-refractivity contribution is 7.16. The van der Waals surface area contributed by atoms with Gasteiger partial charge in [0.25, 0.3) is 0 Å². The Morgan fingerprint density at radius 1 is 1.43 bits per heavy atom. The third kappa shape index (κ3) is 3.89. The van der Waals surface area contributed by atoms with E-state index in [2.05, 4.69) is 0 Å². The van der Waals surface area contributed by atoms with Gasteiger partial charge in [-0.3, -0.25) is 4.90 Å². The summed E-state index contributed by atoms with van der Waals surface area (Å²) in [5.41, 5.74) is -0.648. The number of amides is 1. The number of likely N-dealkylation sites (tertiary alicyclic amines) is 1. The number of hydrogen-bond acceptors (Lipinski definition) is 4. The first-order valence-electron chi connectivity index (χ1n) is 6.65. The van der Waals surface area contributed by atoms with Gasteiger partial charge in [0.1, 0.15) is 11.6 Å². The number of carboxylic acid groups (broad SMARTS) is 1. The van der Waals surface area contributed by atoms with Gasteiger partial charge in [0, 0.05) is 17.3 Å². The molecule has 1 fully saturated rings. The van der Waals surface area contributed by atoms with Gasteiger partial charge < -0.3 is 9.84 Å². The van der Waals surface area contributed by atoms with Crippen LogP contribution in [0.1, 0.15) is 38.0 Å². The monoisotopic (exact) mass is 331 g/mol. The molecule has 2 atom stereocenters. The van der Waals surface area contributed by atoms with Crippen molar-refractivity contribution >= 4 is 35.0 Å². The maximum atomic E-state index is 12.2. The van der Waals surface area contributed by atoms with Crippen LogP contribution in [0, 0.1) is 0 Å². The maximum absolute atomic E-state index is 12.2. The third-order valence-electron chi connectivity index (χ3n) is 3.21. The largest absolute Gasteiger partial charge is 0.480 e. The highest BCUT2D eigenvalue weighted by Gasteiger charge is 2.42. The number of hydrogen-bond donors (Lipinski definition) is 1. The number of aliphatic carboxylic acids is 1. The molecular weight excluding hydrogens is 314 g/mol. The molecule has 2 rings (SSSR count). The number of carbonyl (C=O) groups is 2. The van der Waals surface area contributed by atoms with Gasteiger partial charge in [-0.25, -0.2) is 9.59 Å². The summed E-state index contributed by atoms with van der Waals surface area (Å²) in [5, 5.41) is 9.33. The lowest BCUT2D eigenvalue weighted by molar-refractivity contribution is -0.142. The SMILES string of the molecule is CC(C)(C)OC(=O)N1C[C@H](c2ccc(Cl)s2)C[C@H]1C(=O)O. The van der Waals surface area contributed by atoms with Crippen LogP contribution < -0.4 is 0 Å². The molecule has 7 heteroatoms. The van der Waals surface area contributed by atoms with Crippen molar-refractivity contribution in [2.24, 2.45) is 0 Å². The summed E-state index contributed by atoms with van der Waals surface area (Å²) in [6.07, 6.45) is -0.203. The van der Waals surface area contributed by atoms with E-state index < -0.39 is 23.7 Å². The fourth-order valence-electron chi connectivity index (χ4n) is 2.35. The Labute approximate surface area is 132 Å². The van der Waals surface area contributed by atoms with Gasteiger partial charge in [0.05, 0.1) is 4.34 Å². The summed E-state index contributed by atoms with van der Waals surface area (Å²) in [7, 11) is 0. The number of halogens is 1. The summed E-state index contributed by atoms with van der Waals surface area (Å²) in [6.45, 7) is 5.61.